The smallest absolute Gasteiger partial charge is 0.271 e. The Morgan fingerprint density at radius 1 is 1.02 bits per heavy atom. The summed E-state index contributed by atoms with van der Waals surface area (Å²) >= 11 is 1.25. The van der Waals surface area contributed by atoms with Crippen molar-refractivity contribution in [1.29, 1.82) is 0 Å². The summed E-state index contributed by atoms with van der Waals surface area (Å²) in [4.78, 5) is 34.9. The Labute approximate surface area is 259 Å². The van der Waals surface area contributed by atoms with Crippen LogP contribution < -0.4 is 29.1 Å². The van der Waals surface area contributed by atoms with Gasteiger partial charge in [-0.05, 0) is 68.8 Å². The van der Waals surface area contributed by atoms with Crippen LogP contribution in [0, 0.1) is 5.82 Å². The zero-order valence-corrected chi connectivity index (χ0v) is 26.1. The quantitative estimate of drug-likeness (QED) is 0.255. The van der Waals surface area contributed by atoms with Gasteiger partial charge in [0.05, 0.1) is 30.0 Å². The molecule has 0 saturated carbocycles. The molecule has 228 valence electrons. The molecule has 0 bridgehead atoms. The first-order valence-corrected chi connectivity index (χ1v) is 15.1. The molecule has 0 spiro atoms. The van der Waals surface area contributed by atoms with Gasteiger partial charge in [0.2, 0.25) is 0 Å². The summed E-state index contributed by atoms with van der Waals surface area (Å²) < 4.78 is 33.0. The highest BCUT2D eigenvalue weighted by atomic mass is 32.1. The second-order valence-corrected chi connectivity index (χ2v) is 11.1. The lowest BCUT2D eigenvalue weighted by molar-refractivity contribution is -0.127. The molecule has 0 unspecified atom stereocenters. The molecule has 1 aliphatic rings. The third-order valence-corrected chi connectivity index (χ3v) is 8.55. The fourth-order valence-corrected chi connectivity index (χ4v) is 6.26. The van der Waals surface area contributed by atoms with Crippen LogP contribution in [0.3, 0.4) is 0 Å². The Morgan fingerprint density at radius 3 is 2.39 bits per heavy atom. The summed E-state index contributed by atoms with van der Waals surface area (Å²) in [7, 11) is 3.12. The number of amides is 1. The average Bonchev–Trinajstić information content (AvgIpc) is 3.34. The Kier molecular flexibility index (Phi) is 9.29. The first kappa shape index (κ1) is 30.7. The number of halogens is 1. The van der Waals surface area contributed by atoms with Crippen LogP contribution in [0.1, 0.15) is 43.5 Å². The van der Waals surface area contributed by atoms with Gasteiger partial charge in [-0.15, -0.1) is 0 Å². The molecule has 0 saturated heterocycles. The van der Waals surface area contributed by atoms with Crippen molar-refractivity contribution in [2.24, 2.45) is 4.99 Å². The lowest BCUT2D eigenvalue weighted by Gasteiger charge is -2.30. The summed E-state index contributed by atoms with van der Waals surface area (Å²) in [5.74, 6) is 1.17. The van der Waals surface area contributed by atoms with Gasteiger partial charge in [-0.1, -0.05) is 41.7 Å². The normalized spacial score (nSPS) is 14.6. The van der Waals surface area contributed by atoms with Crippen molar-refractivity contribution in [2.75, 3.05) is 27.3 Å². The van der Waals surface area contributed by atoms with Gasteiger partial charge >= 0.3 is 0 Å². The number of hydrogen-bond acceptors (Lipinski definition) is 7. The van der Waals surface area contributed by atoms with Crippen LogP contribution >= 0.6 is 11.3 Å². The van der Waals surface area contributed by atoms with E-state index in [0.29, 0.717) is 62.1 Å². The molecule has 8 nitrogen and oxygen atoms in total. The molecular weight excluding hydrogens is 581 g/mol. The van der Waals surface area contributed by atoms with Gasteiger partial charge in [0.15, 0.2) is 4.80 Å². The summed E-state index contributed by atoms with van der Waals surface area (Å²) in [6.07, 6.45) is 1.79. The molecule has 5 rings (SSSR count). The van der Waals surface area contributed by atoms with E-state index in [9.17, 15) is 14.0 Å². The summed E-state index contributed by atoms with van der Waals surface area (Å²) in [6, 6.07) is 18.3. The number of allylic oxidation sites excluding steroid dienone is 1. The second-order valence-electron chi connectivity index (χ2n) is 10.1. The summed E-state index contributed by atoms with van der Waals surface area (Å²) in [6.45, 7) is 6.77. The number of rotatable bonds is 10. The fourth-order valence-electron chi connectivity index (χ4n) is 5.21. The van der Waals surface area contributed by atoms with Crippen LogP contribution in [0.2, 0.25) is 0 Å². The SMILES string of the molecule is CCN(CC)C(=O)C1=C(C)N=c2s/c(=C/c3ccc(OCc4ccccc4F)cc3)c(=O)n2[C@@H]1c1cc(OC)ccc1OC. The van der Waals surface area contributed by atoms with Crippen LogP contribution in [0.4, 0.5) is 4.39 Å². The third-order valence-electron chi connectivity index (χ3n) is 7.56. The van der Waals surface area contributed by atoms with Crippen LogP contribution in [0.5, 0.6) is 17.2 Å². The Hall–Kier alpha value is -4.70. The van der Waals surface area contributed by atoms with Gasteiger partial charge in [-0.25, -0.2) is 9.38 Å². The maximum Gasteiger partial charge on any atom is 0.271 e. The van der Waals surface area contributed by atoms with E-state index in [4.69, 9.17) is 19.2 Å². The van der Waals surface area contributed by atoms with E-state index >= 15 is 0 Å². The van der Waals surface area contributed by atoms with E-state index in [1.165, 1.54) is 17.4 Å². The highest BCUT2D eigenvalue weighted by Crippen LogP contribution is 2.38. The molecule has 0 aliphatic carbocycles. The van der Waals surface area contributed by atoms with Crippen molar-refractivity contribution >= 4 is 23.3 Å². The van der Waals surface area contributed by atoms with Crippen molar-refractivity contribution in [3.63, 3.8) is 0 Å². The molecule has 3 aromatic carbocycles. The van der Waals surface area contributed by atoms with Gasteiger partial charge in [-0.2, -0.15) is 0 Å². The van der Waals surface area contributed by atoms with Crippen molar-refractivity contribution in [2.45, 2.75) is 33.4 Å². The minimum atomic E-state index is -0.777. The van der Waals surface area contributed by atoms with E-state index in [1.54, 1.807) is 85.2 Å². The zero-order valence-electron chi connectivity index (χ0n) is 25.3. The first-order valence-electron chi connectivity index (χ1n) is 14.3. The molecule has 1 aliphatic heterocycles. The predicted octanol–water partition coefficient (Wildman–Crippen LogP) is 4.84. The molecule has 0 fully saturated rings. The number of carbonyl (C=O) groups excluding carboxylic acids is 1. The van der Waals surface area contributed by atoms with E-state index in [1.807, 2.05) is 26.0 Å². The molecular formula is C34H34FN3O5S. The van der Waals surface area contributed by atoms with E-state index in [2.05, 4.69) is 0 Å². The number of nitrogens with zero attached hydrogens (tertiary/aromatic N) is 3. The van der Waals surface area contributed by atoms with Crippen LogP contribution in [-0.4, -0.2) is 42.7 Å². The highest BCUT2D eigenvalue weighted by Gasteiger charge is 2.36. The number of carbonyl (C=O) groups is 1. The van der Waals surface area contributed by atoms with Gasteiger partial charge in [0.25, 0.3) is 11.5 Å². The average molecular weight is 616 g/mol. The third kappa shape index (κ3) is 6.03. The van der Waals surface area contributed by atoms with E-state index in [0.717, 1.165) is 5.56 Å². The van der Waals surface area contributed by atoms with Crippen LogP contribution in [-0.2, 0) is 11.4 Å². The predicted molar refractivity (Wildman–Crippen MR) is 168 cm³/mol. The van der Waals surface area contributed by atoms with Crippen molar-refractivity contribution in [1.82, 2.24) is 9.47 Å². The van der Waals surface area contributed by atoms with Gasteiger partial charge in [0.1, 0.15) is 35.7 Å². The number of hydrogen-bond donors (Lipinski definition) is 0. The highest BCUT2D eigenvalue weighted by molar-refractivity contribution is 7.07. The lowest BCUT2D eigenvalue weighted by Crippen LogP contribution is -2.43. The molecule has 0 radical (unpaired) electrons. The minimum Gasteiger partial charge on any atom is -0.497 e. The lowest BCUT2D eigenvalue weighted by atomic mass is 9.93. The maximum absolute atomic E-state index is 14.1. The zero-order chi connectivity index (χ0) is 31.4. The Balaban J connectivity index is 1.57. The molecule has 2 heterocycles. The number of methoxy groups -OCH3 is 2. The van der Waals surface area contributed by atoms with Crippen LogP contribution in [0.25, 0.3) is 6.08 Å². The number of fused-ring (bicyclic) bond motifs is 1. The van der Waals surface area contributed by atoms with E-state index < -0.39 is 6.04 Å². The Morgan fingerprint density at radius 2 is 1.73 bits per heavy atom. The largest absolute Gasteiger partial charge is 0.497 e. The number of benzene rings is 3. The van der Waals surface area contributed by atoms with E-state index in [-0.39, 0.29) is 23.9 Å². The van der Waals surface area contributed by atoms with Crippen molar-refractivity contribution < 1.29 is 23.4 Å². The monoisotopic (exact) mass is 615 g/mol. The Bertz CT molecular complexity index is 1890. The molecule has 0 N–H and O–H groups in total. The molecule has 1 aromatic heterocycles. The summed E-state index contributed by atoms with van der Waals surface area (Å²) in [5, 5.41) is 0. The molecule has 44 heavy (non-hydrogen) atoms. The minimum absolute atomic E-state index is 0.103. The number of aromatic nitrogens is 1. The summed E-state index contributed by atoms with van der Waals surface area (Å²) in [5.41, 5.74) is 2.55. The maximum atomic E-state index is 14.1. The topological polar surface area (TPSA) is 82.4 Å². The molecule has 1 amide bonds. The molecule has 10 heteroatoms. The first-order chi connectivity index (χ1) is 21.3. The molecule has 1 atom stereocenters. The van der Waals surface area contributed by atoms with Gasteiger partial charge in [0, 0.05) is 24.2 Å². The van der Waals surface area contributed by atoms with Gasteiger partial charge < -0.3 is 19.1 Å². The van der Waals surface area contributed by atoms with Crippen LogP contribution in [0.15, 0.2) is 87.8 Å². The van der Waals surface area contributed by atoms with Crippen molar-refractivity contribution in [3.05, 3.63) is 120 Å². The van der Waals surface area contributed by atoms with Gasteiger partial charge in [-0.3, -0.25) is 14.2 Å². The standard InChI is InChI=1S/C34H34FN3O5S/c1-6-37(7-2)33(40)30-21(3)36-34-38(31(30)26-19-25(41-4)16-17-28(26)42-5)32(39)29(44-34)18-22-12-14-24(15-13-22)43-20-23-10-8-9-11-27(23)35/h8-19,31H,6-7,20H2,1-5H3/b29-18+/t31-/m1/s1. The fraction of sp³-hybridized carbons (Fsp3) is 0.265. The second kappa shape index (κ2) is 13.3. The number of likely N-dealkylation sites (N-methyl/N-ethyl adjacent to an activating group) is 1. The van der Waals surface area contributed by atoms with Crippen molar-refractivity contribution in [3.8, 4) is 17.2 Å². The molecule has 4 aromatic rings. The number of thiazole rings is 1. The number of ether oxygens (including phenoxy) is 3.